The molecule has 208 valence electrons. The molecule has 0 saturated heterocycles. The molecular weight excluding hydrogens is 537 g/mol. The minimum absolute atomic E-state index is 0.0133. The lowest BCUT2D eigenvalue weighted by molar-refractivity contribution is -0.158. The summed E-state index contributed by atoms with van der Waals surface area (Å²) in [5.74, 6) is -8.82. The van der Waals surface area contributed by atoms with Crippen molar-refractivity contribution in [3.05, 3.63) is 81.6 Å². The van der Waals surface area contributed by atoms with E-state index in [1.165, 1.54) is 18.2 Å². The number of phenols is 1. The van der Waals surface area contributed by atoms with Crippen LogP contribution in [0, 0.1) is 5.92 Å². The largest absolute Gasteiger partial charge is 0.508 e. The lowest BCUT2D eigenvalue weighted by Crippen LogP contribution is -2.72. The molecule has 3 aliphatic carbocycles. The SMILES string of the molecule is NC(=O)C1=C(O)[C@@]2(O)C(=O)C3=C(O)c4c(O)cccc4/C(=C\c4ccc(C(F)(F)F)cc4)[C@@]3(N)[C@H](O)[C@H]2CC1=O. The molecule has 0 unspecified atom stereocenters. The van der Waals surface area contributed by atoms with E-state index in [9.17, 15) is 53.1 Å². The maximum absolute atomic E-state index is 13.9. The van der Waals surface area contributed by atoms with Crippen molar-refractivity contribution < 1.29 is 53.1 Å². The smallest absolute Gasteiger partial charge is 0.416 e. The summed E-state index contributed by atoms with van der Waals surface area (Å²) in [5.41, 5.74) is 2.96. The average Bonchev–Trinajstić information content (AvgIpc) is 2.87. The fourth-order valence-corrected chi connectivity index (χ4v) is 5.75. The fourth-order valence-electron chi connectivity index (χ4n) is 5.75. The number of aliphatic hydroxyl groups is 4. The number of fused-ring (bicyclic) bond motifs is 3. The van der Waals surface area contributed by atoms with Crippen LogP contribution in [0.5, 0.6) is 5.75 Å². The first kappa shape index (κ1) is 27.1. The monoisotopic (exact) mass is 558 g/mol. The van der Waals surface area contributed by atoms with E-state index in [1.807, 2.05) is 0 Å². The van der Waals surface area contributed by atoms with Crippen molar-refractivity contribution in [1.29, 1.82) is 0 Å². The molecule has 0 bridgehead atoms. The average molecular weight is 558 g/mol. The number of ketones is 2. The van der Waals surface area contributed by atoms with Gasteiger partial charge in [0, 0.05) is 12.3 Å². The molecule has 2 aromatic carbocycles. The van der Waals surface area contributed by atoms with Crippen LogP contribution in [0.25, 0.3) is 17.4 Å². The van der Waals surface area contributed by atoms with Crippen LogP contribution in [0.4, 0.5) is 13.2 Å². The number of halogens is 3. The number of carbonyl (C=O) groups excluding carboxylic acids is 3. The third-order valence-corrected chi connectivity index (χ3v) is 7.70. The van der Waals surface area contributed by atoms with Crippen LogP contribution in [0.3, 0.4) is 0 Å². The van der Waals surface area contributed by atoms with Crippen molar-refractivity contribution in [3.8, 4) is 5.75 Å². The normalized spacial score (nSPS) is 29.3. The van der Waals surface area contributed by atoms with E-state index >= 15 is 0 Å². The van der Waals surface area contributed by atoms with Crippen molar-refractivity contribution in [2.24, 2.45) is 17.4 Å². The molecule has 4 atom stereocenters. The van der Waals surface area contributed by atoms with Gasteiger partial charge in [0.2, 0.25) is 5.78 Å². The highest BCUT2D eigenvalue weighted by atomic mass is 19.4. The molecule has 0 spiro atoms. The second-order valence-corrected chi connectivity index (χ2v) is 9.83. The van der Waals surface area contributed by atoms with Gasteiger partial charge >= 0.3 is 6.18 Å². The van der Waals surface area contributed by atoms with Crippen LogP contribution >= 0.6 is 0 Å². The Morgan fingerprint density at radius 1 is 1.05 bits per heavy atom. The standard InChI is InChI=1S/C27H21F3N2O8/c28-27(29,30)11-6-4-10(5-7-11)8-13-12-2-1-3-15(33)17(12)20(35)19-23(38)26(40)14(21(36)25(13,19)32)9-16(34)18(22(26)37)24(31)39/h1-8,14,21,33,35-37,40H,9,32H2,(H2,31,39)/b13-8+/t14-,21-,25+,26-/m1/s1. The second-order valence-electron chi connectivity index (χ2n) is 9.83. The minimum Gasteiger partial charge on any atom is -0.508 e. The first-order chi connectivity index (χ1) is 18.6. The van der Waals surface area contributed by atoms with Gasteiger partial charge in [-0.05, 0) is 41.0 Å². The Balaban J connectivity index is 1.82. The second kappa shape index (κ2) is 8.52. The Morgan fingerprint density at radius 2 is 1.68 bits per heavy atom. The van der Waals surface area contributed by atoms with Crippen molar-refractivity contribution in [2.45, 2.75) is 29.8 Å². The van der Waals surface area contributed by atoms with Crippen LogP contribution in [0.15, 0.2) is 59.4 Å². The van der Waals surface area contributed by atoms with Gasteiger partial charge in [0.15, 0.2) is 11.4 Å². The summed E-state index contributed by atoms with van der Waals surface area (Å²) < 4.78 is 39.3. The number of primary amides is 1. The molecule has 0 aromatic heterocycles. The number of aromatic hydroxyl groups is 1. The lowest BCUT2D eigenvalue weighted by Gasteiger charge is -2.54. The number of Topliss-reactive ketones (excluding diaryl/α,β-unsaturated/α-hetero) is 2. The number of rotatable bonds is 2. The van der Waals surface area contributed by atoms with Crippen molar-refractivity contribution in [2.75, 3.05) is 0 Å². The quantitative estimate of drug-likeness (QED) is 0.266. The summed E-state index contributed by atoms with van der Waals surface area (Å²) in [5, 5.41) is 55.5. The van der Waals surface area contributed by atoms with Crippen LogP contribution in [0.2, 0.25) is 0 Å². The first-order valence-corrected chi connectivity index (χ1v) is 11.7. The van der Waals surface area contributed by atoms with Gasteiger partial charge in [-0.2, -0.15) is 13.2 Å². The Labute approximate surface area is 223 Å². The highest BCUT2D eigenvalue weighted by Gasteiger charge is 2.69. The molecule has 0 radical (unpaired) electrons. The summed E-state index contributed by atoms with van der Waals surface area (Å²) in [6.07, 6.45) is -6.38. The molecule has 3 aliphatic rings. The van der Waals surface area contributed by atoms with Crippen LogP contribution in [0.1, 0.15) is 28.7 Å². The molecule has 9 N–H and O–H groups in total. The van der Waals surface area contributed by atoms with Gasteiger partial charge in [0.25, 0.3) is 5.91 Å². The predicted octanol–water partition coefficient (Wildman–Crippen LogP) is 1.49. The van der Waals surface area contributed by atoms with Crippen molar-refractivity contribution in [3.63, 3.8) is 0 Å². The van der Waals surface area contributed by atoms with Gasteiger partial charge in [-0.1, -0.05) is 24.3 Å². The lowest BCUT2D eigenvalue weighted by atomic mass is 9.53. The Hall–Kier alpha value is -4.46. The molecule has 0 heterocycles. The summed E-state index contributed by atoms with van der Waals surface area (Å²) in [6.45, 7) is 0. The molecule has 1 fully saturated rings. The topological polar surface area (TPSA) is 204 Å². The molecule has 10 nitrogen and oxygen atoms in total. The number of alkyl halides is 3. The van der Waals surface area contributed by atoms with Crippen LogP contribution < -0.4 is 11.5 Å². The number of amides is 1. The maximum atomic E-state index is 13.9. The molecule has 2 aromatic rings. The predicted molar refractivity (Wildman–Crippen MR) is 132 cm³/mol. The van der Waals surface area contributed by atoms with E-state index in [2.05, 4.69) is 0 Å². The number of carbonyl (C=O) groups is 3. The Kier molecular flexibility index (Phi) is 5.78. The summed E-state index contributed by atoms with van der Waals surface area (Å²) in [4.78, 5) is 38.4. The zero-order valence-corrected chi connectivity index (χ0v) is 20.2. The summed E-state index contributed by atoms with van der Waals surface area (Å²) >= 11 is 0. The number of hydrogen-bond donors (Lipinski definition) is 7. The third-order valence-electron chi connectivity index (χ3n) is 7.70. The van der Waals surface area contributed by atoms with Crippen molar-refractivity contribution in [1.82, 2.24) is 0 Å². The van der Waals surface area contributed by atoms with E-state index in [0.29, 0.717) is 0 Å². The molecular formula is C27H21F3N2O8. The summed E-state index contributed by atoms with van der Waals surface area (Å²) in [6, 6.07) is 7.60. The van der Waals surface area contributed by atoms with E-state index in [0.717, 1.165) is 30.3 Å². The molecule has 1 amide bonds. The number of aliphatic hydroxyl groups excluding tert-OH is 3. The number of phenolic OH excluding ortho intramolecular Hbond substituents is 1. The highest BCUT2D eigenvalue weighted by Crippen LogP contribution is 2.56. The van der Waals surface area contributed by atoms with Crippen molar-refractivity contribution >= 4 is 34.9 Å². The zero-order valence-electron chi connectivity index (χ0n) is 20.2. The van der Waals surface area contributed by atoms with Gasteiger partial charge < -0.3 is 37.0 Å². The van der Waals surface area contributed by atoms with Gasteiger partial charge in [0.05, 0.1) is 22.8 Å². The zero-order chi connectivity index (χ0) is 29.5. The van der Waals surface area contributed by atoms with Gasteiger partial charge in [-0.25, -0.2) is 0 Å². The molecule has 1 saturated carbocycles. The molecule has 13 heteroatoms. The number of hydrogen-bond acceptors (Lipinski definition) is 9. The fraction of sp³-hybridized carbons (Fsp3) is 0.222. The first-order valence-electron chi connectivity index (χ1n) is 11.7. The maximum Gasteiger partial charge on any atom is 0.416 e. The molecule has 40 heavy (non-hydrogen) atoms. The Morgan fingerprint density at radius 3 is 2.25 bits per heavy atom. The van der Waals surface area contributed by atoms with E-state index < -0.39 is 87.2 Å². The molecule has 0 aliphatic heterocycles. The number of benzene rings is 2. The summed E-state index contributed by atoms with van der Waals surface area (Å²) in [7, 11) is 0. The van der Waals surface area contributed by atoms with Crippen LogP contribution in [-0.2, 0) is 20.6 Å². The highest BCUT2D eigenvalue weighted by molar-refractivity contribution is 6.24. The number of nitrogens with two attached hydrogens (primary N) is 2. The third kappa shape index (κ3) is 3.44. The van der Waals surface area contributed by atoms with E-state index in [-0.39, 0.29) is 22.3 Å². The van der Waals surface area contributed by atoms with Crippen LogP contribution in [-0.4, -0.2) is 60.3 Å². The van der Waals surface area contributed by atoms with Gasteiger partial charge in [-0.15, -0.1) is 0 Å². The van der Waals surface area contributed by atoms with E-state index in [4.69, 9.17) is 11.5 Å². The molecule has 5 rings (SSSR count). The van der Waals surface area contributed by atoms with E-state index in [1.54, 1.807) is 0 Å². The Bertz CT molecular complexity index is 1610. The van der Waals surface area contributed by atoms with Gasteiger partial charge in [0.1, 0.15) is 28.4 Å². The minimum atomic E-state index is -4.63. The van der Waals surface area contributed by atoms with Gasteiger partial charge in [-0.3, -0.25) is 14.4 Å².